The number of thiazole rings is 1. The van der Waals surface area contributed by atoms with Crippen molar-refractivity contribution in [2.24, 2.45) is 0 Å². The fourth-order valence-corrected chi connectivity index (χ4v) is 3.89. The molecule has 2 aromatic carbocycles. The zero-order chi connectivity index (χ0) is 22.0. The maximum Gasteiger partial charge on any atom is 0.257 e. The van der Waals surface area contributed by atoms with Gasteiger partial charge < -0.3 is 14.6 Å². The molecular formula is C22H20N4O4S. The van der Waals surface area contributed by atoms with E-state index >= 15 is 0 Å². The molecule has 9 heteroatoms. The number of ether oxygens (including phenoxy) is 1. The molecule has 2 aromatic heterocycles. The molecule has 0 fully saturated rings. The average molecular weight is 436 g/mol. The lowest BCUT2D eigenvalue weighted by molar-refractivity contribution is -0.114. The van der Waals surface area contributed by atoms with Crippen LogP contribution in [0.4, 0.5) is 10.8 Å². The maximum atomic E-state index is 12.6. The van der Waals surface area contributed by atoms with E-state index in [1.54, 1.807) is 36.4 Å². The van der Waals surface area contributed by atoms with Crippen molar-refractivity contribution in [2.75, 3.05) is 10.6 Å². The van der Waals surface area contributed by atoms with Crippen molar-refractivity contribution in [3.63, 3.8) is 0 Å². The monoisotopic (exact) mass is 436 g/mol. The number of benzene rings is 2. The smallest absolute Gasteiger partial charge is 0.257 e. The predicted molar refractivity (Wildman–Crippen MR) is 119 cm³/mol. The van der Waals surface area contributed by atoms with Crippen LogP contribution < -0.4 is 15.4 Å². The zero-order valence-electron chi connectivity index (χ0n) is 17.2. The summed E-state index contributed by atoms with van der Waals surface area (Å²) in [5.74, 6) is 0.963. The number of nitrogens with one attached hydrogen (secondary N) is 2. The third kappa shape index (κ3) is 4.72. The lowest BCUT2D eigenvalue weighted by atomic mass is 10.2. The van der Waals surface area contributed by atoms with Crippen molar-refractivity contribution in [3.05, 3.63) is 65.0 Å². The van der Waals surface area contributed by atoms with Crippen LogP contribution >= 0.6 is 11.3 Å². The Morgan fingerprint density at radius 3 is 2.55 bits per heavy atom. The standard InChI is InChI=1S/C22H20N4O4S/c1-12-18(13(2)30-26-12)11-29-17-7-4-15(5-8-17)21(28)25-22-24-19-9-6-16(23-14(3)27)10-20(19)31-22/h4-10H,11H2,1-3H3,(H,23,27)(H,24,25,28). The first-order valence-corrected chi connectivity index (χ1v) is 10.3. The summed E-state index contributed by atoms with van der Waals surface area (Å²) in [4.78, 5) is 28.2. The molecule has 2 heterocycles. The van der Waals surface area contributed by atoms with Gasteiger partial charge in [0.1, 0.15) is 18.1 Å². The highest BCUT2D eigenvalue weighted by molar-refractivity contribution is 7.22. The number of hydrogen-bond acceptors (Lipinski definition) is 7. The number of carbonyl (C=O) groups excluding carboxylic acids is 2. The number of aromatic nitrogens is 2. The normalized spacial score (nSPS) is 10.8. The highest BCUT2D eigenvalue weighted by Gasteiger charge is 2.12. The van der Waals surface area contributed by atoms with Crippen molar-refractivity contribution in [1.82, 2.24) is 10.1 Å². The van der Waals surface area contributed by atoms with Gasteiger partial charge in [0.15, 0.2) is 5.13 Å². The molecule has 0 aliphatic carbocycles. The van der Waals surface area contributed by atoms with Gasteiger partial charge in [-0.15, -0.1) is 0 Å². The van der Waals surface area contributed by atoms with E-state index < -0.39 is 0 Å². The van der Waals surface area contributed by atoms with Gasteiger partial charge in [-0.1, -0.05) is 16.5 Å². The summed E-state index contributed by atoms with van der Waals surface area (Å²) in [5.41, 5.74) is 3.64. The Balaban J connectivity index is 1.40. The summed E-state index contributed by atoms with van der Waals surface area (Å²) in [5, 5.41) is 9.94. The van der Waals surface area contributed by atoms with Crippen molar-refractivity contribution in [3.8, 4) is 5.75 Å². The van der Waals surface area contributed by atoms with E-state index in [-0.39, 0.29) is 11.8 Å². The van der Waals surface area contributed by atoms with Gasteiger partial charge in [0.2, 0.25) is 5.91 Å². The van der Waals surface area contributed by atoms with Gasteiger partial charge in [-0.3, -0.25) is 14.9 Å². The molecule has 0 bridgehead atoms. The number of rotatable bonds is 6. The van der Waals surface area contributed by atoms with E-state index in [0.717, 1.165) is 27.2 Å². The number of carbonyl (C=O) groups is 2. The molecule has 4 aromatic rings. The summed E-state index contributed by atoms with van der Waals surface area (Å²) in [6.07, 6.45) is 0. The largest absolute Gasteiger partial charge is 0.489 e. The van der Waals surface area contributed by atoms with E-state index in [0.29, 0.717) is 28.7 Å². The summed E-state index contributed by atoms with van der Waals surface area (Å²) in [7, 11) is 0. The molecule has 0 aliphatic rings. The molecule has 0 unspecified atom stereocenters. The summed E-state index contributed by atoms with van der Waals surface area (Å²) in [6.45, 7) is 5.51. The fourth-order valence-electron chi connectivity index (χ4n) is 2.99. The molecule has 2 N–H and O–H groups in total. The number of nitrogens with zero attached hydrogens (tertiary/aromatic N) is 2. The first-order chi connectivity index (χ1) is 14.9. The first-order valence-electron chi connectivity index (χ1n) is 9.53. The minimum absolute atomic E-state index is 0.142. The Bertz CT molecular complexity index is 1240. The van der Waals surface area contributed by atoms with Crippen LogP contribution in [0.15, 0.2) is 47.0 Å². The Labute approximate surface area is 182 Å². The van der Waals surface area contributed by atoms with Gasteiger partial charge in [-0.05, 0) is 56.3 Å². The molecule has 158 valence electrons. The average Bonchev–Trinajstić information content (AvgIpc) is 3.28. The summed E-state index contributed by atoms with van der Waals surface area (Å²) >= 11 is 1.34. The van der Waals surface area contributed by atoms with Crippen molar-refractivity contribution >= 4 is 44.2 Å². The van der Waals surface area contributed by atoms with E-state index in [1.165, 1.54) is 18.3 Å². The zero-order valence-corrected chi connectivity index (χ0v) is 18.0. The quantitative estimate of drug-likeness (QED) is 0.454. The highest BCUT2D eigenvalue weighted by Crippen LogP contribution is 2.29. The topological polar surface area (TPSA) is 106 Å². The number of hydrogen-bond donors (Lipinski definition) is 2. The fraction of sp³-hybridized carbons (Fsp3) is 0.182. The summed E-state index contributed by atoms with van der Waals surface area (Å²) < 4.78 is 11.8. The van der Waals surface area contributed by atoms with Crippen LogP contribution in [0.1, 0.15) is 34.3 Å². The molecule has 0 spiro atoms. The lowest BCUT2D eigenvalue weighted by Crippen LogP contribution is -2.11. The van der Waals surface area contributed by atoms with Gasteiger partial charge in [0.25, 0.3) is 5.91 Å². The van der Waals surface area contributed by atoms with E-state index in [9.17, 15) is 9.59 Å². The van der Waals surface area contributed by atoms with Crippen LogP contribution in [0.25, 0.3) is 10.2 Å². The van der Waals surface area contributed by atoms with Gasteiger partial charge in [-0.25, -0.2) is 4.98 Å². The van der Waals surface area contributed by atoms with Gasteiger partial charge >= 0.3 is 0 Å². The number of fused-ring (bicyclic) bond motifs is 1. The number of aryl methyl sites for hydroxylation is 2. The second-order valence-electron chi connectivity index (χ2n) is 6.95. The van der Waals surface area contributed by atoms with Crippen molar-refractivity contribution in [2.45, 2.75) is 27.4 Å². The molecule has 8 nitrogen and oxygen atoms in total. The van der Waals surface area contributed by atoms with E-state index in [1.807, 2.05) is 19.9 Å². The minimum atomic E-state index is -0.265. The van der Waals surface area contributed by atoms with Crippen LogP contribution in [-0.2, 0) is 11.4 Å². The van der Waals surface area contributed by atoms with Crippen LogP contribution in [0.2, 0.25) is 0 Å². The predicted octanol–water partition coefficient (Wildman–Crippen LogP) is 4.69. The van der Waals surface area contributed by atoms with E-state index in [4.69, 9.17) is 9.26 Å². The molecule has 0 saturated heterocycles. The lowest BCUT2D eigenvalue weighted by Gasteiger charge is -2.07. The summed E-state index contributed by atoms with van der Waals surface area (Å²) in [6, 6.07) is 12.3. The van der Waals surface area contributed by atoms with Gasteiger partial charge in [0, 0.05) is 18.2 Å². The Hall–Kier alpha value is -3.72. The molecule has 4 rings (SSSR count). The van der Waals surface area contributed by atoms with Crippen LogP contribution in [-0.4, -0.2) is 22.0 Å². The van der Waals surface area contributed by atoms with Crippen molar-refractivity contribution in [1.29, 1.82) is 0 Å². The molecule has 0 atom stereocenters. The third-order valence-electron chi connectivity index (χ3n) is 4.61. The number of anilines is 2. The SMILES string of the molecule is CC(=O)Nc1ccc2nc(NC(=O)c3ccc(OCc4c(C)noc4C)cc3)sc2c1. The molecule has 0 aliphatic heterocycles. The van der Waals surface area contributed by atoms with Crippen LogP contribution in [0.3, 0.4) is 0 Å². The highest BCUT2D eigenvalue weighted by atomic mass is 32.1. The Kier molecular flexibility index (Phi) is 5.68. The van der Waals surface area contributed by atoms with Gasteiger partial charge in [-0.2, -0.15) is 0 Å². The minimum Gasteiger partial charge on any atom is -0.489 e. The van der Waals surface area contributed by atoms with E-state index in [2.05, 4.69) is 20.8 Å². The Morgan fingerprint density at radius 2 is 1.87 bits per heavy atom. The Morgan fingerprint density at radius 1 is 1.10 bits per heavy atom. The van der Waals surface area contributed by atoms with Crippen LogP contribution in [0.5, 0.6) is 5.75 Å². The second-order valence-corrected chi connectivity index (χ2v) is 7.98. The molecule has 0 radical (unpaired) electrons. The molecule has 0 saturated carbocycles. The first kappa shape index (κ1) is 20.5. The second kappa shape index (κ2) is 8.57. The van der Waals surface area contributed by atoms with Crippen LogP contribution in [0, 0.1) is 13.8 Å². The molecule has 31 heavy (non-hydrogen) atoms. The number of amides is 2. The third-order valence-corrected chi connectivity index (χ3v) is 5.54. The molecule has 2 amide bonds. The van der Waals surface area contributed by atoms with Gasteiger partial charge in [0.05, 0.1) is 21.5 Å². The maximum absolute atomic E-state index is 12.6. The molecular weight excluding hydrogens is 416 g/mol. The van der Waals surface area contributed by atoms with Crippen molar-refractivity contribution < 1.29 is 18.8 Å².